The summed E-state index contributed by atoms with van der Waals surface area (Å²) in [5, 5.41) is 10.3. The van der Waals surface area contributed by atoms with Crippen LogP contribution in [0.2, 0.25) is 0 Å². The number of aromatic amines is 1. The van der Waals surface area contributed by atoms with Crippen molar-refractivity contribution in [3.8, 4) is 11.3 Å². The first-order valence-corrected chi connectivity index (χ1v) is 3.29. The first kappa shape index (κ1) is 6.15. The predicted molar refractivity (Wildman–Crippen MR) is 38.8 cm³/mol. The van der Waals surface area contributed by atoms with Crippen LogP contribution in [0.5, 0.6) is 0 Å². The van der Waals surface area contributed by atoms with Crippen LogP contribution in [0.25, 0.3) is 11.3 Å². The number of aromatic nitrogens is 3. The Bertz CT molecular complexity index is 336. The molecule has 0 unspecified atom stereocenters. The molecule has 1 N–H and O–H groups in total. The summed E-state index contributed by atoms with van der Waals surface area (Å²) in [6.07, 6.45) is 3.46. The molecule has 0 radical (unpaired) electrons. The molecule has 2 heterocycles. The van der Waals surface area contributed by atoms with Crippen LogP contribution in [0.4, 0.5) is 0 Å². The number of hydrogen-bond donors (Lipinski definition) is 1. The van der Waals surface area contributed by atoms with Gasteiger partial charge in [-0.15, -0.1) is 0 Å². The quantitative estimate of drug-likeness (QED) is 0.666. The summed E-state index contributed by atoms with van der Waals surface area (Å²) in [6.45, 7) is 1.88. The summed E-state index contributed by atoms with van der Waals surface area (Å²) >= 11 is 0. The van der Waals surface area contributed by atoms with Crippen molar-refractivity contribution in [3.05, 3.63) is 24.2 Å². The lowest BCUT2D eigenvalue weighted by Gasteiger charge is -1.81. The zero-order valence-corrected chi connectivity index (χ0v) is 6.03. The molecule has 0 aliphatic rings. The molecular formula is C7H7N3O. The highest BCUT2D eigenvalue weighted by atomic mass is 16.5. The molecule has 2 aromatic heterocycles. The fraction of sp³-hybridized carbons (Fsp3) is 0.143. The lowest BCUT2D eigenvalue weighted by molar-refractivity contribution is 0.427. The molecule has 0 atom stereocenters. The van der Waals surface area contributed by atoms with Crippen molar-refractivity contribution in [2.45, 2.75) is 6.92 Å². The molecule has 0 fully saturated rings. The third-order valence-corrected chi connectivity index (χ3v) is 1.41. The number of nitrogens with zero attached hydrogens (tertiary/aromatic N) is 2. The molecule has 0 aromatic carbocycles. The Balaban J connectivity index is 2.45. The Morgan fingerprint density at radius 2 is 2.45 bits per heavy atom. The Labute approximate surface area is 63.2 Å². The number of rotatable bonds is 1. The summed E-state index contributed by atoms with van der Waals surface area (Å²) in [4.78, 5) is 0. The van der Waals surface area contributed by atoms with Gasteiger partial charge in [0.25, 0.3) is 0 Å². The van der Waals surface area contributed by atoms with Crippen LogP contribution in [0.15, 0.2) is 23.0 Å². The van der Waals surface area contributed by atoms with E-state index in [1.54, 1.807) is 12.4 Å². The lowest BCUT2D eigenvalue weighted by atomic mass is 10.3. The van der Waals surface area contributed by atoms with E-state index in [0.29, 0.717) is 0 Å². The molecule has 0 amide bonds. The van der Waals surface area contributed by atoms with E-state index in [9.17, 15) is 0 Å². The molecule has 0 aliphatic carbocycles. The summed E-state index contributed by atoms with van der Waals surface area (Å²) in [5.74, 6) is 0.747. The van der Waals surface area contributed by atoms with Gasteiger partial charge in [-0.3, -0.25) is 5.10 Å². The van der Waals surface area contributed by atoms with Crippen LogP contribution in [-0.4, -0.2) is 15.4 Å². The van der Waals surface area contributed by atoms with E-state index in [1.165, 1.54) is 0 Å². The predicted octanol–water partition coefficient (Wildman–Crippen LogP) is 1.37. The second kappa shape index (κ2) is 2.23. The zero-order chi connectivity index (χ0) is 7.68. The Morgan fingerprint density at radius 1 is 1.55 bits per heavy atom. The fourth-order valence-corrected chi connectivity index (χ4v) is 0.885. The zero-order valence-electron chi connectivity index (χ0n) is 6.03. The smallest absolute Gasteiger partial charge is 0.170 e. The van der Waals surface area contributed by atoms with Crippen molar-refractivity contribution in [1.29, 1.82) is 0 Å². The van der Waals surface area contributed by atoms with Gasteiger partial charge in [0.2, 0.25) is 0 Å². The molecular weight excluding hydrogens is 142 g/mol. The van der Waals surface area contributed by atoms with Gasteiger partial charge in [-0.2, -0.15) is 5.10 Å². The van der Waals surface area contributed by atoms with E-state index in [1.807, 2.05) is 13.0 Å². The number of hydrogen-bond acceptors (Lipinski definition) is 3. The highest BCUT2D eigenvalue weighted by Crippen LogP contribution is 2.17. The largest absolute Gasteiger partial charge is 0.356 e. The van der Waals surface area contributed by atoms with Gasteiger partial charge in [0.1, 0.15) is 0 Å². The van der Waals surface area contributed by atoms with Crippen LogP contribution in [0.3, 0.4) is 0 Å². The average molecular weight is 149 g/mol. The van der Waals surface area contributed by atoms with Gasteiger partial charge in [0, 0.05) is 12.3 Å². The van der Waals surface area contributed by atoms with E-state index >= 15 is 0 Å². The van der Waals surface area contributed by atoms with E-state index in [-0.39, 0.29) is 0 Å². The standard InChI is InChI=1S/C7H7N3O/c1-5-2-7(11-10-5)6-3-8-9-4-6/h2-4H,1H3,(H,8,9). The third-order valence-electron chi connectivity index (χ3n) is 1.41. The SMILES string of the molecule is Cc1cc(-c2cn[nH]c2)on1. The maximum Gasteiger partial charge on any atom is 0.170 e. The van der Waals surface area contributed by atoms with Crippen molar-refractivity contribution >= 4 is 0 Å². The minimum Gasteiger partial charge on any atom is -0.356 e. The molecule has 11 heavy (non-hydrogen) atoms. The van der Waals surface area contributed by atoms with Crippen molar-refractivity contribution in [2.24, 2.45) is 0 Å². The molecule has 0 saturated heterocycles. The van der Waals surface area contributed by atoms with Gasteiger partial charge >= 0.3 is 0 Å². The first-order valence-electron chi connectivity index (χ1n) is 3.29. The number of H-pyrrole nitrogens is 1. The van der Waals surface area contributed by atoms with E-state index in [2.05, 4.69) is 15.4 Å². The number of nitrogens with one attached hydrogen (secondary N) is 1. The maximum absolute atomic E-state index is 5.00. The monoisotopic (exact) mass is 149 g/mol. The van der Waals surface area contributed by atoms with Crippen LogP contribution in [0.1, 0.15) is 5.69 Å². The van der Waals surface area contributed by atoms with Crippen LogP contribution < -0.4 is 0 Å². The molecule has 0 spiro atoms. The van der Waals surface area contributed by atoms with Crippen LogP contribution >= 0.6 is 0 Å². The highest BCUT2D eigenvalue weighted by molar-refractivity contribution is 5.54. The molecule has 0 aliphatic heterocycles. The van der Waals surface area contributed by atoms with Gasteiger partial charge in [0.05, 0.1) is 17.5 Å². The first-order chi connectivity index (χ1) is 5.36. The van der Waals surface area contributed by atoms with Gasteiger partial charge in [0.15, 0.2) is 5.76 Å². The van der Waals surface area contributed by atoms with Crippen molar-refractivity contribution in [1.82, 2.24) is 15.4 Å². The minimum atomic E-state index is 0.747. The normalized spacial score (nSPS) is 10.3. The molecule has 2 aromatic rings. The summed E-state index contributed by atoms with van der Waals surface area (Å²) in [5.41, 5.74) is 1.80. The molecule has 4 nitrogen and oxygen atoms in total. The average Bonchev–Trinajstić information content (AvgIpc) is 2.55. The summed E-state index contributed by atoms with van der Waals surface area (Å²) in [6, 6.07) is 1.87. The number of aryl methyl sites for hydroxylation is 1. The van der Waals surface area contributed by atoms with Crippen molar-refractivity contribution in [3.63, 3.8) is 0 Å². The van der Waals surface area contributed by atoms with Crippen LogP contribution in [0, 0.1) is 6.92 Å². The van der Waals surface area contributed by atoms with E-state index in [0.717, 1.165) is 17.0 Å². The van der Waals surface area contributed by atoms with Gasteiger partial charge in [-0.25, -0.2) is 0 Å². The second-order valence-electron chi connectivity index (χ2n) is 2.32. The molecule has 0 bridgehead atoms. The second-order valence-corrected chi connectivity index (χ2v) is 2.32. The maximum atomic E-state index is 5.00. The van der Waals surface area contributed by atoms with E-state index < -0.39 is 0 Å². The van der Waals surface area contributed by atoms with Gasteiger partial charge in [-0.1, -0.05) is 5.16 Å². The van der Waals surface area contributed by atoms with Crippen LogP contribution in [-0.2, 0) is 0 Å². The lowest BCUT2D eigenvalue weighted by Crippen LogP contribution is -1.63. The van der Waals surface area contributed by atoms with Crippen molar-refractivity contribution < 1.29 is 4.52 Å². The minimum absolute atomic E-state index is 0.747. The molecule has 2 rings (SSSR count). The Kier molecular flexibility index (Phi) is 1.25. The Hall–Kier alpha value is -1.58. The summed E-state index contributed by atoms with van der Waals surface area (Å²) in [7, 11) is 0. The van der Waals surface area contributed by atoms with Crippen molar-refractivity contribution in [2.75, 3.05) is 0 Å². The van der Waals surface area contributed by atoms with E-state index in [4.69, 9.17) is 4.52 Å². The Morgan fingerprint density at radius 3 is 3.00 bits per heavy atom. The fourth-order valence-electron chi connectivity index (χ4n) is 0.885. The molecule has 56 valence electrons. The van der Waals surface area contributed by atoms with Gasteiger partial charge in [-0.05, 0) is 6.92 Å². The van der Waals surface area contributed by atoms with Gasteiger partial charge < -0.3 is 4.52 Å². The molecule has 4 heteroatoms. The topological polar surface area (TPSA) is 54.7 Å². The molecule has 0 saturated carbocycles. The third kappa shape index (κ3) is 1.02. The highest BCUT2D eigenvalue weighted by Gasteiger charge is 2.03. The summed E-state index contributed by atoms with van der Waals surface area (Å²) < 4.78 is 5.00.